The van der Waals surface area contributed by atoms with Crippen molar-refractivity contribution in [3.8, 4) is 0 Å². The van der Waals surface area contributed by atoms with Crippen molar-refractivity contribution in [2.24, 2.45) is 5.92 Å². The Morgan fingerprint density at radius 3 is 2.28 bits per heavy atom. The molecule has 1 aliphatic heterocycles. The summed E-state index contributed by atoms with van der Waals surface area (Å²) in [5.41, 5.74) is 7.87. The molecule has 2 atom stereocenters. The lowest BCUT2D eigenvalue weighted by molar-refractivity contribution is 0.205. The van der Waals surface area contributed by atoms with E-state index < -0.39 is 10.0 Å². The van der Waals surface area contributed by atoms with Crippen molar-refractivity contribution in [3.05, 3.63) is 88.0 Å². The van der Waals surface area contributed by atoms with Gasteiger partial charge in [0.15, 0.2) is 0 Å². The maximum Gasteiger partial charge on any atom is 0.243 e. The second-order valence-corrected chi connectivity index (χ2v) is 10.8. The molecule has 0 amide bonds. The highest BCUT2D eigenvalue weighted by molar-refractivity contribution is 7.89. The van der Waals surface area contributed by atoms with Crippen LogP contribution in [0.1, 0.15) is 37.8 Å². The van der Waals surface area contributed by atoms with Crippen LogP contribution < -0.4 is 0 Å². The van der Waals surface area contributed by atoms with Gasteiger partial charge >= 0.3 is 0 Å². The molecule has 0 unspecified atom stereocenters. The van der Waals surface area contributed by atoms with Gasteiger partial charge in [-0.1, -0.05) is 53.6 Å². The monoisotopic (exact) mass is 405 g/mol. The number of benzene rings is 2. The third-order valence-electron chi connectivity index (χ3n) is 7.11. The Kier molecular flexibility index (Phi) is 4.17. The van der Waals surface area contributed by atoms with Gasteiger partial charge in [-0.2, -0.15) is 4.31 Å². The van der Waals surface area contributed by atoms with Gasteiger partial charge in [0, 0.05) is 18.5 Å². The first-order valence-electron chi connectivity index (χ1n) is 10.4. The number of hydrogen-bond acceptors (Lipinski definition) is 2. The molecule has 29 heavy (non-hydrogen) atoms. The van der Waals surface area contributed by atoms with Crippen molar-refractivity contribution >= 4 is 10.0 Å². The fraction of sp³-hybridized carbons (Fsp3) is 0.360. The summed E-state index contributed by atoms with van der Waals surface area (Å²) in [6.07, 6.45) is 2.29. The van der Waals surface area contributed by atoms with Gasteiger partial charge in [0.1, 0.15) is 0 Å². The van der Waals surface area contributed by atoms with Crippen molar-refractivity contribution in [3.63, 3.8) is 0 Å². The Hall–Kier alpha value is -2.17. The predicted molar refractivity (Wildman–Crippen MR) is 116 cm³/mol. The van der Waals surface area contributed by atoms with Gasteiger partial charge in [0.25, 0.3) is 0 Å². The molecular weight excluding hydrogens is 378 g/mol. The van der Waals surface area contributed by atoms with Crippen LogP contribution in [-0.2, 0) is 15.4 Å². The summed E-state index contributed by atoms with van der Waals surface area (Å²) < 4.78 is 28.3. The first-order chi connectivity index (χ1) is 13.9. The molecule has 0 aromatic heterocycles. The normalized spacial score (nSPS) is 26.3. The minimum Gasteiger partial charge on any atom is -0.207 e. The predicted octanol–water partition coefficient (Wildman–Crippen LogP) is 4.99. The molecule has 3 nitrogen and oxygen atoms in total. The van der Waals surface area contributed by atoms with E-state index in [0.29, 0.717) is 23.9 Å². The van der Waals surface area contributed by atoms with E-state index in [1.165, 1.54) is 27.9 Å². The van der Waals surface area contributed by atoms with Gasteiger partial charge in [-0.25, -0.2) is 8.42 Å². The lowest BCUT2D eigenvalue weighted by Crippen LogP contribution is -2.46. The summed E-state index contributed by atoms with van der Waals surface area (Å²) in [5.74, 6) is 0.433. The molecule has 150 valence electrons. The van der Waals surface area contributed by atoms with Crippen molar-refractivity contribution in [1.29, 1.82) is 0 Å². The number of fused-ring (bicyclic) bond motifs is 2. The maximum absolute atomic E-state index is 13.3. The number of aryl methyl sites for hydroxylation is 1. The minimum absolute atomic E-state index is 0.0600. The van der Waals surface area contributed by atoms with Gasteiger partial charge in [-0.05, 0) is 73.9 Å². The van der Waals surface area contributed by atoms with Crippen molar-refractivity contribution in [2.45, 2.75) is 43.9 Å². The number of sulfonamides is 1. The van der Waals surface area contributed by atoms with Crippen LogP contribution in [0.15, 0.2) is 81.8 Å². The second kappa shape index (κ2) is 6.41. The molecule has 0 radical (unpaired) electrons. The Balaban J connectivity index is 1.53. The summed E-state index contributed by atoms with van der Waals surface area (Å²) >= 11 is 0. The summed E-state index contributed by atoms with van der Waals surface area (Å²) in [4.78, 5) is 0.394. The molecule has 0 saturated heterocycles. The van der Waals surface area contributed by atoms with Gasteiger partial charge in [0.05, 0.1) is 4.90 Å². The summed E-state index contributed by atoms with van der Waals surface area (Å²) in [6.45, 7) is 7.37. The van der Waals surface area contributed by atoms with Crippen LogP contribution >= 0.6 is 0 Å². The number of nitrogens with zero attached hydrogens (tertiary/aromatic N) is 1. The van der Waals surface area contributed by atoms with Crippen LogP contribution in [0.25, 0.3) is 0 Å². The van der Waals surface area contributed by atoms with E-state index in [1.807, 2.05) is 19.1 Å². The smallest absolute Gasteiger partial charge is 0.207 e. The summed E-state index contributed by atoms with van der Waals surface area (Å²) in [5, 5.41) is 0. The zero-order chi connectivity index (χ0) is 20.4. The molecule has 3 aliphatic rings. The average Bonchev–Trinajstić information content (AvgIpc) is 3.17. The highest BCUT2D eigenvalue weighted by Gasteiger charge is 2.60. The Bertz CT molecular complexity index is 1140. The standard InChI is InChI=1S/C25H27NO2S/c1-17(2)24-22-16-26(29(27,28)20-11-9-18(3)10-12-20)15-21(22)23-13-14-25(23,24)19-7-5-4-6-8-19/h4-12,23H,13-16H2,1-3H3/t23-,25+/m0/s1. The fourth-order valence-corrected chi connectivity index (χ4v) is 7.19. The van der Waals surface area contributed by atoms with E-state index in [4.69, 9.17) is 0 Å². The lowest BCUT2D eigenvalue weighted by atomic mass is 9.54. The number of rotatable bonds is 3. The third-order valence-corrected chi connectivity index (χ3v) is 8.91. The zero-order valence-corrected chi connectivity index (χ0v) is 18.1. The van der Waals surface area contributed by atoms with Gasteiger partial charge in [0.2, 0.25) is 10.0 Å². The van der Waals surface area contributed by atoms with E-state index in [9.17, 15) is 8.42 Å². The Morgan fingerprint density at radius 1 is 1.00 bits per heavy atom. The molecular formula is C25H27NO2S. The molecule has 0 N–H and O–H groups in total. The van der Waals surface area contributed by atoms with Crippen LogP contribution in [0.3, 0.4) is 0 Å². The molecule has 2 aromatic carbocycles. The summed E-state index contributed by atoms with van der Waals surface area (Å²) in [7, 11) is -3.48. The quantitative estimate of drug-likeness (QED) is 0.721. The number of hydrogen-bond donors (Lipinski definition) is 0. The molecule has 1 heterocycles. The van der Waals surface area contributed by atoms with Gasteiger partial charge in [-0.15, -0.1) is 0 Å². The SMILES string of the molecule is CC(C)=C1C2=C(CN(S(=O)(=O)c3ccc(C)cc3)C2)[C@@H]2CC[C@]12c1ccccc1. The largest absolute Gasteiger partial charge is 0.243 e. The molecule has 2 aliphatic carbocycles. The first kappa shape index (κ1) is 18.8. The van der Waals surface area contributed by atoms with Gasteiger partial charge in [-0.3, -0.25) is 0 Å². The first-order valence-corrected chi connectivity index (χ1v) is 11.8. The van der Waals surface area contributed by atoms with E-state index in [2.05, 4.69) is 44.2 Å². The Labute approximate surface area is 173 Å². The van der Waals surface area contributed by atoms with Crippen molar-refractivity contribution in [2.75, 3.05) is 13.1 Å². The van der Waals surface area contributed by atoms with E-state index in [-0.39, 0.29) is 5.41 Å². The van der Waals surface area contributed by atoms with Crippen LogP contribution in [0.5, 0.6) is 0 Å². The number of allylic oxidation sites excluding steroid dienone is 1. The average molecular weight is 406 g/mol. The molecule has 5 rings (SSSR count). The minimum atomic E-state index is -3.48. The van der Waals surface area contributed by atoms with Crippen molar-refractivity contribution in [1.82, 2.24) is 4.31 Å². The van der Waals surface area contributed by atoms with Crippen LogP contribution in [0.4, 0.5) is 0 Å². The lowest BCUT2D eigenvalue weighted by Gasteiger charge is -2.49. The van der Waals surface area contributed by atoms with Crippen LogP contribution in [-0.4, -0.2) is 25.8 Å². The highest BCUT2D eigenvalue weighted by Crippen LogP contribution is 2.65. The topological polar surface area (TPSA) is 37.4 Å². The van der Waals surface area contributed by atoms with Crippen LogP contribution in [0, 0.1) is 12.8 Å². The summed E-state index contributed by atoms with van der Waals surface area (Å²) in [6, 6.07) is 18.0. The molecule has 2 aromatic rings. The zero-order valence-electron chi connectivity index (χ0n) is 17.3. The third kappa shape index (κ3) is 2.55. The van der Waals surface area contributed by atoms with Crippen LogP contribution in [0.2, 0.25) is 0 Å². The molecule has 1 fully saturated rings. The molecule has 0 spiro atoms. The van der Waals surface area contributed by atoms with E-state index >= 15 is 0 Å². The van der Waals surface area contributed by atoms with E-state index in [1.54, 1.807) is 16.4 Å². The maximum atomic E-state index is 13.3. The second-order valence-electron chi connectivity index (χ2n) is 8.89. The molecule has 0 bridgehead atoms. The van der Waals surface area contributed by atoms with Crippen molar-refractivity contribution < 1.29 is 8.42 Å². The highest BCUT2D eigenvalue weighted by atomic mass is 32.2. The molecule has 1 saturated carbocycles. The Morgan fingerprint density at radius 2 is 1.69 bits per heavy atom. The fourth-order valence-electron chi connectivity index (χ4n) is 5.80. The van der Waals surface area contributed by atoms with Gasteiger partial charge < -0.3 is 0 Å². The molecule has 4 heteroatoms. The van der Waals surface area contributed by atoms with E-state index in [0.717, 1.165) is 18.4 Å².